The molecule has 4 unspecified atom stereocenters. The maximum atomic E-state index is 5.59. The Kier molecular flexibility index (Phi) is 3.91. The zero-order chi connectivity index (χ0) is 11.6. The molecule has 0 aromatic rings. The Bertz CT molecular complexity index is 229. The van der Waals surface area contributed by atoms with Gasteiger partial charge in [-0.3, -0.25) is 0 Å². The topological polar surface area (TPSA) is 21.8 Å². The van der Waals surface area contributed by atoms with Gasteiger partial charge in [0.15, 0.2) is 6.29 Å². The lowest BCUT2D eigenvalue weighted by Crippen LogP contribution is -2.43. The molecule has 4 atom stereocenters. The van der Waals surface area contributed by atoms with Crippen molar-refractivity contribution in [3.05, 3.63) is 0 Å². The van der Waals surface area contributed by atoms with Crippen LogP contribution in [0.3, 0.4) is 0 Å². The summed E-state index contributed by atoms with van der Waals surface area (Å²) in [6.07, 6.45) is 9.87. The summed E-state index contributed by atoms with van der Waals surface area (Å²) in [5, 5.41) is 0. The van der Waals surface area contributed by atoms with Gasteiger partial charge in [-0.15, -0.1) is 0 Å². The number of fused-ring (bicyclic) bond motifs is 1. The molecule has 2 nitrogen and oxygen atoms in total. The normalized spacial score (nSPS) is 37.7. The van der Waals surface area contributed by atoms with Crippen LogP contribution in [0.1, 0.15) is 65.7 Å². The van der Waals surface area contributed by atoms with Gasteiger partial charge in [0.25, 0.3) is 0 Å². The third kappa shape index (κ3) is 2.43. The predicted octanol–water partition coefficient (Wildman–Crippen LogP) is 3.89. The van der Waals surface area contributed by atoms with E-state index >= 15 is 0 Å². The van der Waals surface area contributed by atoms with Crippen molar-refractivity contribution in [2.24, 2.45) is 5.92 Å². The van der Waals surface area contributed by atoms with Crippen LogP contribution in [0.15, 0.2) is 0 Å². The van der Waals surface area contributed by atoms with E-state index in [-0.39, 0.29) is 11.9 Å². The summed E-state index contributed by atoms with van der Waals surface area (Å²) >= 11 is 0. The second kappa shape index (κ2) is 5.05. The summed E-state index contributed by atoms with van der Waals surface area (Å²) in [7, 11) is 0. The molecule has 0 saturated carbocycles. The fraction of sp³-hybridized carbons (Fsp3) is 1.00. The molecule has 2 heteroatoms. The number of epoxide rings is 1. The molecule has 0 aromatic carbocycles. The van der Waals surface area contributed by atoms with Crippen LogP contribution in [0.25, 0.3) is 0 Å². The van der Waals surface area contributed by atoms with E-state index in [4.69, 9.17) is 9.47 Å². The minimum atomic E-state index is 0.116. The summed E-state index contributed by atoms with van der Waals surface area (Å²) in [5.41, 5.74) is 0.116. The standard InChI is InChI=1S/C14H26O2/c1-4-6-8-11(5-2)9-7-10-12-14(3)13(15-12)16-14/h11-13H,4-10H2,1-3H3. The van der Waals surface area contributed by atoms with Gasteiger partial charge in [0.2, 0.25) is 0 Å². The summed E-state index contributed by atoms with van der Waals surface area (Å²) in [5.74, 6) is 0.934. The first-order valence-electron chi connectivity index (χ1n) is 7.04. The largest absolute Gasteiger partial charge is 0.343 e. The molecule has 2 aliphatic heterocycles. The van der Waals surface area contributed by atoms with Crippen molar-refractivity contribution in [2.45, 2.75) is 83.7 Å². The molecule has 0 spiro atoms. The zero-order valence-corrected chi connectivity index (χ0v) is 11.0. The third-order valence-corrected chi connectivity index (χ3v) is 4.32. The van der Waals surface area contributed by atoms with E-state index in [1.54, 1.807) is 0 Å². The van der Waals surface area contributed by atoms with Crippen LogP contribution in [0.4, 0.5) is 0 Å². The third-order valence-electron chi connectivity index (χ3n) is 4.32. The van der Waals surface area contributed by atoms with E-state index in [9.17, 15) is 0 Å². The van der Waals surface area contributed by atoms with Gasteiger partial charge in [-0.25, -0.2) is 0 Å². The first kappa shape index (κ1) is 12.4. The highest BCUT2D eigenvalue weighted by Crippen LogP contribution is 2.53. The molecule has 2 aliphatic rings. The van der Waals surface area contributed by atoms with E-state index < -0.39 is 0 Å². The maximum absolute atomic E-state index is 5.59. The highest BCUT2D eigenvalue weighted by atomic mass is 16.8. The molecule has 2 heterocycles. The van der Waals surface area contributed by atoms with Crippen molar-refractivity contribution < 1.29 is 9.47 Å². The maximum Gasteiger partial charge on any atom is 0.190 e. The number of hydrogen-bond acceptors (Lipinski definition) is 2. The SMILES string of the molecule is CCCCC(CC)CCCC1OC2OC12C. The molecule has 94 valence electrons. The molecule has 0 amide bonds. The van der Waals surface area contributed by atoms with Crippen LogP contribution < -0.4 is 0 Å². The Morgan fingerprint density at radius 2 is 1.94 bits per heavy atom. The van der Waals surface area contributed by atoms with Crippen LogP contribution in [0.5, 0.6) is 0 Å². The average molecular weight is 226 g/mol. The second-order valence-corrected chi connectivity index (χ2v) is 5.61. The van der Waals surface area contributed by atoms with Gasteiger partial charge in [0.05, 0.1) is 6.10 Å². The minimum absolute atomic E-state index is 0.116. The molecule has 0 radical (unpaired) electrons. The number of hydrogen-bond donors (Lipinski definition) is 0. The summed E-state index contributed by atoms with van der Waals surface area (Å²) in [6, 6.07) is 0. The lowest BCUT2D eigenvalue weighted by molar-refractivity contribution is -0.0780. The van der Waals surface area contributed by atoms with Crippen LogP contribution in [-0.2, 0) is 9.47 Å². The van der Waals surface area contributed by atoms with E-state index in [1.807, 2.05) is 0 Å². The first-order chi connectivity index (χ1) is 7.70. The Hall–Kier alpha value is -0.0800. The highest BCUT2D eigenvalue weighted by Gasteiger charge is 2.69. The number of unbranched alkanes of at least 4 members (excludes halogenated alkanes) is 1. The highest BCUT2D eigenvalue weighted by molar-refractivity contribution is 5.08. The smallest absolute Gasteiger partial charge is 0.190 e. The monoisotopic (exact) mass is 226 g/mol. The molecule has 16 heavy (non-hydrogen) atoms. The lowest BCUT2D eigenvalue weighted by atomic mass is 9.89. The van der Waals surface area contributed by atoms with Crippen LogP contribution in [0.2, 0.25) is 0 Å². The molecular formula is C14H26O2. The van der Waals surface area contributed by atoms with Gasteiger partial charge >= 0.3 is 0 Å². The Morgan fingerprint density at radius 1 is 1.19 bits per heavy atom. The quantitative estimate of drug-likeness (QED) is 0.586. The molecule has 0 aromatic heterocycles. The summed E-state index contributed by atoms with van der Waals surface area (Å²) in [4.78, 5) is 0. The molecule has 2 fully saturated rings. The van der Waals surface area contributed by atoms with Gasteiger partial charge in [-0.2, -0.15) is 0 Å². The summed E-state index contributed by atoms with van der Waals surface area (Å²) in [6.45, 7) is 6.78. The lowest BCUT2D eigenvalue weighted by Gasteiger charge is -2.28. The molecule has 2 rings (SSSR count). The fourth-order valence-electron chi connectivity index (χ4n) is 2.79. The van der Waals surface area contributed by atoms with E-state index in [0.717, 1.165) is 5.92 Å². The van der Waals surface area contributed by atoms with Crippen molar-refractivity contribution >= 4 is 0 Å². The predicted molar refractivity (Wildman–Crippen MR) is 65.3 cm³/mol. The molecular weight excluding hydrogens is 200 g/mol. The van der Waals surface area contributed by atoms with Gasteiger partial charge in [0, 0.05) is 0 Å². The molecule has 2 saturated heterocycles. The van der Waals surface area contributed by atoms with Crippen LogP contribution in [-0.4, -0.2) is 18.0 Å². The molecule has 0 N–H and O–H groups in total. The Labute approximate surface area is 99.7 Å². The van der Waals surface area contributed by atoms with E-state index in [2.05, 4.69) is 20.8 Å². The van der Waals surface area contributed by atoms with Crippen molar-refractivity contribution in [3.63, 3.8) is 0 Å². The van der Waals surface area contributed by atoms with Crippen molar-refractivity contribution in [1.29, 1.82) is 0 Å². The van der Waals surface area contributed by atoms with E-state index in [0.29, 0.717) is 6.10 Å². The van der Waals surface area contributed by atoms with Gasteiger partial charge in [0.1, 0.15) is 5.60 Å². The van der Waals surface area contributed by atoms with Crippen molar-refractivity contribution in [1.82, 2.24) is 0 Å². The fourth-order valence-corrected chi connectivity index (χ4v) is 2.79. The Balaban J connectivity index is 1.56. The van der Waals surface area contributed by atoms with Crippen LogP contribution in [0, 0.1) is 5.92 Å². The first-order valence-corrected chi connectivity index (χ1v) is 7.04. The Morgan fingerprint density at radius 3 is 2.44 bits per heavy atom. The zero-order valence-electron chi connectivity index (χ0n) is 11.0. The molecule has 0 aliphatic carbocycles. The second-order valence-electron chi connectivity index (χ2n) is 5.61. The van der Waals surface area contributed by atoms with E-state index in [1.165, 1.54) is 44.9 Å². The summed E-state index contributed by atoms with van der Waals surface area (Å²) < 4.78 is 11.0. The van der Waals surface area contributed by atoms with Crippen LogP contribution >= 0.6 is 0 Å². The minimum Gasteiger partial charge on any atom is -0.343 e. The number of rotatable bonds is 8. The van der Waals surface area contributed by atoms with Gasteiger partial charge in [-0.05, 0) is 19.3 Å². The number of ether oxygens (including phenoxy) is 2. The van der Waals surface area contributed by atoms with Crippen molar-refractivity contribution in [2.75, 3.05) is 0 Å². The van der Waals surface area contributed by atoms with Gasteiger partial charge in [-0.1, -0.05) is 52.4 Å². The van der Waals surface area contributed by atoms with Crippen molar-refractivity contribution in [3.8, 4) is 0 Å². The average Bonchev–Trinajstić information content (AvgIpc) is 2.82. The molecule has 0 bridgehead atoms. The van der Waals surface area contributed by atoms with Gasteiger partial charge < -0.3 is 9.47 Å².